The second kappa shape index (κ2) is 14.6. The predicted molar refractivity (Wildman–Crippen MR) is 251 cm³/mol. The summed E-state index contributed by atoms with van der Waals surface area (Å²) < 4.78 is 29.4. The lowest BCUT2D eigenvalue weighted by molar-refractivity contribution is 1.34. The van der Waals surface area contributed by atoms with Crippen molar-refractivity contribution in [1.29, 1.82) is 0 Å². The van der Waals surface area contributed by atoms with E-state index in [1.54, 1.807) is 17.4 Å². The molecule has 0 unspecified atom stereocenters. The molecular formula is C56H38N2S. The van der Waals surface area contributed by atoms with E-state index < -0.39 is 6.85 Å². The van der Waals surface area contributed by atoms with E-state index in [9.17, 15) is 0 Å². The Kier molecular flexibility index (Phi) is 7.83. The van der Waals surface area contributed by atoms with Gasteiger partial charge in [0.1, 0.15) is 0 Å². The second-order valence-electron chi connectivity index (χ2n) is 14.8. The number of rotatable bonds is 7. The molecule has 0 atom stereocenters. The fraction of sp³-hybridized carbons (Fsp3) is 0.0179. The third-order valence-corrected chi connectivity index (χ3v) is 12.4. The highest BCUT2D eigenvalue weighted by Crippen LogP contribution is 2.56. The van der Waals surface area contributed by atoms with E-state index in [1.165, 1.54) is 0 Å². The summed E-state index contributed by atoms with van der Waals surface area (Å²) in [7, 11) is 0. The van der Waals surface area contributed by atoms with Crippen LogP contribution in [-0.4, -0.2) is 9.38 Å². The fourth-order valence-corrected chi connectivity index (χ4v) is 9.88. The number of thiazole rings is 1. The van der Waals surface area contributed by atoms with E-state index >= 15 is 0 Å². The molecule has 0 bridgehead atoms. The molecule has 0 aliphatic carbocycles. The summed E-state index contributed by atoms with van der Waals surface area (Å²) in [6, 6.07) is 74.1. The van der Waals surface area contributed by atoms with Gasteiger partial charge in [0, 0.05) is 9.68 Å². The molecule has 2 nitrogen and oxygen atoms in total. The van der Waals surface area contributed by atoms with E-state index in [-0.39, 0.29) is 5.56 Å². The minimum absolute atomic E-state index is 0.285. The molecule has 0 aliphatic heterocycles. The first-order valence-electron chi connectivity index (χ1n) is 21.4. The molecule has 0 saturated heterocycles. The molecule has 0 radical (unpaired) electrons. The first-order valence-corrected chi connectivity index (χ1v) is 20.7. The zero-order chi connectivity index (χ0) is 41.8. The highest BCUT2D eigenvalue weighted by molar-refractivity contribution is 7.23. The smallest absolute Gasteiger partial charge is 0.195 e. The predicted octanol–water partition coefficient (Wildman–Crippen LogP) is 15.7. The molecule has 59 heavy (non-hydrogen) atoms. The maximum Gasteiger partial charge on any atom is 0.195 e. The van der Waals surface area contributed by atoms with Crippen LogP contribution in [0.1, 0.15) is 9.68 Å². The van der Waals surface area contributed by atoms with E-state index in [1.807, 2.05) is 18.2 Å². The molecule has 3 heteroatoms. The van der Waals surface area contributed by atoms with Gasteiger partial charge in [0.05, 0.1) is 21.3 Å². The summed E-state index contributed by atoms with van der Waals surface area (Å²) in [5.74, 6) is 0. The number of fused-ring (bicyclic) bond motifs is 5. The largest absolute Gasteiger partial charge is 0.283 e. The molecule has 278 valence electrons. The number of aryl methyl sites for hydroxylation is 1. The monoisotopic (exact) mass is 773 g/mol. The standard InChI is InChI=1S/C56H38N2S/c1-37-31-36-46-55(57-56-58(46)45-29-17-18-30-47(45)59-56)48(37)43-32-34-44(35-33-43)54-52(41-25-13-5-14-26-41)50(39-21-9-3-10-22-39)49(38-19-7-2-8-20-38)51(40-23-11-4-12-24-40)53(54)42-27-15-6-16-28-42/h2-36H,1H3/i1D3. The Morgan fingerprint density at radius 2 is 0.712 bits per heavy atom. The van der Waals surface area contributed by atoms with Crippen molar-refractivity contribution in [2.24, 2.45) is 0 Å². The normalized spacial score (nSPS) is 12.4. The molecule has 0 N–H and O–H groups in total. The average molecular weight is 774 g/mol. The summed E-state index contributed by atoms with van der Waals surface area (Å²) in [5, 5.41) is 0. The van der Waals surface area contributed by atoms with Crippen molar-refractivity contribution in [2.45, 2.75) is 6.85 Å². The Balaban J connectivity index is 1.27. The average Bonchev–Trinajstić information content (AvgIpc) is 3.88. The van der Waals surface area contributed by atoms with Crippen LogP contribution in [0.25, 0.3) is 104 Å². The van der Waals surface area contributed by atoms with Crippen molar-refractivity contribution in [3.05, 3.63) is 218 Å². The van der Waals surface area contributed by atoms with Crippen LogP contribution < -0.4 is 0 Å². The van der Waals surface area contributed by atoms with Crippen LogP contribution in [0.15, 0.2) is 212 Å². The van der Waals surface area contributed by atoms with Crippen molar-refractivity contribution in [3.8, 4) is 77.9 Å². The molecule has 2 aromatic heterocycles. The van der Waals surface area contributed by atoms with Gasteiger partial charge in [-0.25, -0.2) is 4.98 Å². The summed E-state index contributed by atoms with van der Waals surface area (Å²) in [6.07, 6.45) is 0. The maximum atomic E-state index is 8.69. The van der Waals surface area contributed by atoms with Crippen LogP contribution in [0, 0.1) is 6.85 Å². The number of imidazole rings is 1. The second-order valence-corrected chi connectivity index (χ2v) is 15.8. The summed E-state index contributed by atoms with van der Waals surface area (Å²) in [4.78, 5) is 5.99. The lowest BCUT2D eigenvalue weighted by atomic mass is 9.74. The van der Waals surface area contributed by atoms with Gasteiger partial charge in [0.2, 0.25) is 0 Å². The Bertz CT molecular complexity index is 3290. The number of nitrogens with zero attached hydrogens (tertiary/aromatic N) is 2. The van der Waals surface area contributed by atoms with Gasteiger partial charge in [0.15, 0.2) is 4.96 Å². The molecule has 11 rings (SSSR count). The first kappa shape index (κ1) is 31.7. The Morgan fingerprint density at radius 1 is 0.356 bits per heavy atom. The van der Waals surface area contributed by atoms with Crippen molar-refractivity contribution in [1.82, 2.24) is 9.38 Å². The van der Waals surface area contributed by atoms with E-state index in [2.05, 4.69) is 192 Å². The molecule has 0 amide bonds. The minimum Gasteiger partial charge on any atom is -0.283 e. The van der Waals surface area contributed by atoms with Crippen LogP contribution in [0.5, 0.6) is 0 Å². The number of hydrogen-bond acceptors (Lipinski definition) is 2. The molecule has 2 heterocycles. The van der Waals surface area contributed by atoms with Gasteiger partial charge in [-0.15, -0.1) is 0 Å². The van der Waals surface area contributed by atoms with Gasteiger partial charge < -0.3 is 0 Å². The van der Waals surface area contributed by atoms with Crippen LogP contribution in [0.4, 0.5) is 0 Å². The number of aromatic nitrogens is 2. The molecule has 9 aromatic carbocycles. The molecule has 0 fully saturated rings. The van der Waals surface area contributed by atoms with Crippen LogP contribution in [0.3, 0.4) is 0 Å². The molecule has 0 spiro atoms. The maximum absolute atomic E-state index is 8.69. The van der Waals surface area contributed by atoms with Crippen LogP contribution >= 0.6 is 11.3 Å². The van der Waals surface area contributed by atoms with Crippen molar-refractivity contribution in [3.63, 3.8) is 0 Å². The van der Waals surface area contributed by atoms with Gasteiger partial charge in [-0.1, -0.05) is 205 Å². The SMILES string of the molecule is [2H]C([2H])([2H])c1ccc2c(nc3sc4ccccc4n32)c1-c1ccc(-c2c(-c3ccccc3)c(-c3ccccc3)c(-c3ccccc3)c(-c3ccccc3)c2-c2ccccc2)cc1. The van der Waals surface area contributed by atoms with Crippen molar-refractivity contribution < 1.29 is 4.11 Å². The van der Waals surface area contributed by atoms with Gasteiger partial charge in [-0.05, 0) is 103 Å². The Morgan fingerprint density at radius 3 is 1.12 bits per heavy atom. The van der Waals surface area contributed by atoms with Gasteiger partial charge in [-0.3, -0.25) is 4.40 Å². The fourth-order valence-electron chi connectivity index (χ4n) is 8.85. The van der Waals surface area contributed by atoms with Crippen molar-refractivity contribution in [2.75, 3.05) is 0 Å². The lowest BCUT2D eigenvalue weighted by Gasteiger charge is -2.29. The number of para-hydroxylation sites is 1. The number of hydrogen-bond donors (Lipinski definition) is 0. The van der Waals surface area contributed by atoms with Crippen LogP contribution in [0.2, 0.25) is 0 Å². The quantitative estimate of drug-likeness (QED) is 0.158. The van der Waals surface area contributed by atoms with Crippen LogP contribution in [-0.2, 0) is 0 Å². The third kappa shape index (κ3) is 5.90. The van der Waals surface area contributed by atoms with Gasteiger partial charge in [0.25, 0.3) is 0 Å². The first-order chi connectivity index (χ1) is 30.4. The van der Waals surface area contributed by atoms with E-state index in [0.717, 1.165) is 93.0 Å². The molecular weight excluding hydrogens is 733 g/mol. The lowest BCUT2D eigenvalue weighted by Crippen LogP contribution is -2.02. The summed E-state index contributed by atoms with van der Waals surface area (Å²) in [6.45, 7) is -2.36. The highest BCUT2D eigenvalue weighted by Gasteiger charge is 2.29. The molecule has 0 aliphatic rings. The van der Waals surface area contributed by atoms with Gasteiger partial charge in [-0.2, -0.15) is 0 Å². The Labute approximate surface area is 352 Å². The topological polar surface area (TPSA) is 17.3 Å². The summed E-state index contributed by atoms with van der Waals surface area (Å²) in [5.41, 5.74) is 17.7. The molecule has 0 saturated carbocycles. The number of benzene rings is 9. The minimum atomic E-state index is -2.36. The zero-order valence-electron chi connectivity index (χ0n) is 35.0. The molecule has 11 aromatic rings. The zero-order valence-corrected chi connectivity index (χ0v) is 32.8. The third-order valence-electron chi connectivity index (χ3n) is 11.4. The van der Waals surface area contributed by atoms with E-state index in [0.29, 0.717) is 11.1 Å². The highest BCUT2D eigenvalue weighted by atomic mass is 32.1. The Hall–Kier alpha value is -7.33. The van der Waals surface area contributed by atoms with Crippen molar-refractivity contribution >= 4 is 37.5 Å². The van der Waals surface area contributed by atoms with Gasteiger partial charge >= 0.3 is 0 Å². The van der Waals surface area contributed by atoms with E-state index in [4.69, 9.17) is 9.10 Å². The summed E-state index contributed by atoms with van der Waals surface area (Å²) >= 11 is 1.61.